The number of ether oxygens (including phenoxy) is 1. The van der Waals surface area contributed by atoms with Crippen LogP contribution in [0.15, 0.2) is 18.2 Å². The molecule has 2 N–H and O–H groups in total. The molecule has 1 aliphatic rings. The fourth-order valence-electron chi connectivity index (χ4n) is 2.50. The molecule has 0 spiro atoms. The zero-order chi connectivity index (χ0) is 16.3. The standard InChI is InChI=1S/C15H22N2O4S.ClH/c1-10-12(9-22(3,19)20)5-4-6-13(10)17-15(18)14-11(2)21-8-7-16-14;/h4-6,11,14,16H,7-9H2,1-3H3,(H,17,18);1H/t11-,14+;/m1./s1. The minimum absolute atomic E-state index is 0. The molecule has 1 amide bonds. The van der Waals surface area contributed by atoms with Crippen LogP contribution in [0, 0.1) is 6.92 Å². The summed E-state index contributed by atoms with van der Waals surface area (Å²) in [7, 11) is -3.12. The van der Waals surface area contributed by atoms with Crippen molar-refractivity contribution in [2.24, 2.45) is 0 Å². The van der Waals surface area contributed by atoms with Gasteiger partial charge in [-0.05, 0) is 31.0 Å². The molecule has 23 heavy (non-hydrogen) atoms. The summed E-state index contributed by atoms with van der Waals surface area (Å²) in [4.78, 5) is 12.4. The molecule has 1 aliphatic heterocycles. The molecule has 1 aromatic carbocycles. The predicted octanol–water partition coefficient (Wildman–Crippen LogP) is 1.28. The van der Waals surface area contributed by atoms with Crippen LogP contribution in [0.1, 0.15) is 18.1 Å². The Bertz CT molecular complexity index is 663. The van der Waals surface area contributed by atoms with Crippen LogP contribution >= 0.6 is 12.4 Å². The number of halogens is 1. The molecule has 0 radical (unpaired) electrons. The van der Waals surface area contributed by atoms with Crippen LogP contribution in [-0.2, 0) is 25.1 Å². The Morgan fingerprint density at radius 1 is 1.43 bits per heavy atom. The summed E-state index contributed by atoms with van der Waals surface area (Å²) >= 11 is 0. The number of anilines is 1. The van der Waals surface area contributed by atoms with E-state index in [1.807, 2.05) is 13.8 Å². The summed E-state index contributed by atoms with van der Waals surface area (Å²) in [6.45, 7) is 4.89. The maximum Gasteiger partial charge on any atom is 0.244 e. The van der Waals surface area contributed by atoms with Crippen molar-refractivity contribution in [1.82, 2.24) is 5.32 Å². The van der Waals surface area contributed by atoms with Crippen molar-refractivity contribution in [2.45, 2.75) is 31.7 Å². The summed E-state index contributed by atoms with van der Waals surface area (Å²) in [6, 6.07) is 4.87. The first-order valence-corrected chi connectivity index (χ1v) is 9.26. The van der Waals surface area contributed by atoms with Gasteiger partial charge in [0.1, 0.15) is 6.04 Å². The van der Waals surface area contributed by atoms with E-state index in [2.05, 4.69) is 10.6 Å². The van der Waals surface area contributed by atoms with Crippen LogP contribution in [0.2, 0.25) is 0 Å². The number of nitrogens with one attached hydrogen (secondary N) is 2. The Kier molecular flexibility index (Phi) is 7.01. The second-order valence-corrected chi connectivity index (χ2v) is 7.80. The number of carbonyl (C=O) groups is 1. The Morgan fingerprint density at radius 2 is 2.13 bits per heavy atom. The first kappa shape index (κ1) is 19.9. The molecule has 8 heteroatoms. The van der Waals surface area contributed by atoms with Gasteiger partial charge >= 0.3 is 0 Å². The van der Waals surface area contributed by atoms with Gasteiger partial charge in [-0.2, -0.15) is 0 Å². The van der Waals surface area contributed by atoms with E-state index in [4.69, 9.17) is 4.74 Å². The number of hydrogen-bond donors (Lipinski definition) is 2. The number of morpholine rings is 1. The maximum absolute atomic E-state index is 12.4. The molecule has 2 atom stereocenters. The highest BCUT2D eigenvalue weighted by Crippen LogP contribution is 2.21. The number of rotatable bonds is 4. The summed E-state index contributed by atoms with van der Waals surface area (Å²) in [5.74, 6) is -0.212. The second-order valence-electron chi connectivity index (χ2n) is 5.66. The largest absolute Gasteiger partial charge is 0.375 e. The van der Waals surface area contributed by atoms with Crippen LogP contribution in [0.3, 0.4) is 0 Å². The quantitative estimate of drug-likeness (QED) is 0.842. The number of hydrogen-bond acceptors (Lipinski definition) is 5. The van der Waals surface area contributed by atoms with Gasteiger partial charge in [0.25, 0.3) is 0 Å². The van der Waals surface area contributed by atoms with Crippen molar-refractivity contribution in [3.05, 3.63) is 29.3 Å². The number of amides is 1. The van der Waals surface area contributed by atoms with Crippen LogP contribution in [-0.4, -0.2) is 45.9 Å². The van der Waals surface area contributed by atoms with Crippen LogP contribution in [0.4, 0.5) is 5.69 Å². The van der Waals surface area contributed by atoms with Crippen molar-refractivity contribution >= 4 is 33.8 Å². The fraction of sp³-hybridized carbons (Fsp3) is 0.533. The molecule has 0 unspecified atom stereocenters. The summed E-state index contributed by atoms with van der Waals surface area (Å²) in [6.07, 6.45) is 0.996. The molecule has 2 rings (SSSR count). The van der Waals surface area contributed by atoms with Crippen LogP contribution < -0.4 is 10.6 Å². The zero-order valence-corrected chi connectivity index (χ0v) is 15.1. The SMILES string of the molecule is Cc1c(CS(C)(=O)=O)cccc1NC(=O)[C@H]1NCCO[C@@H]1C.Cl. The molecule has 0 bridgehead atoms. The maximum atomic E-state index is 12.4. The Balaban J connectivity index is 0.00000264. The Labute approximate surface area is 143 Å². The van der Waals surface area contributed by atoms with E-state index < -0.39 is 15.9 Å². The topological polar surface area (TPSA) is 84.5 Å². The molecule has 130 valence electrons. The van der Waals surface area contributed by atoms with E-state index in [1.54, 1.807) is 18.2 Å². The number of sulfone groups is 1. The normalized spacial score (nSPS) is 21.3. The van der Waals surface area contributed by atoms with Crippen molar-refractivity contribution in [2.75, 3.05) is 24.7 Å². The van der Waals surface area contributed by atoms with Crippen molar-refractivity contribution in [3.63, 3.8) is 0 Å². The van der Waals surface area contributed by atoms with Gasteiger partial charge in [0.15, 0.2) is 9.84 Å². The summed E-state index contributed by atoms with van der Waals surface area (Å²) in [5.41, 5.74) is 2.09. The highest BCUT2D eigenvalue weighted by Gasteiger charge is 2.28. The first-order chi connectivity index (χ1) is 10.3. The van der Waals surface area contributed by atoms with Gasteiger partial charge < -0.3 is 15.4 Å². The Hall–Kier alpha value is -1.15. The third kappa shape index (κ3) is 5.46. The minimum Gasteiger partial charge on any atom is -0.375 e. The third-order valence-electron chi connectivity index (χ3n) is 3.72. The number of benzene rings is 1. The van der Waals surface area contributed by atoms with Crippen molar-refractivity contribution in [3.8, 4) is 0 Å². The van der Waals surface area contributed by atoms with Gasteiger partial charge in [0.2, 0.25) is 5.91 Å². The van der Waals surface area contributed by atoms with Gasteiger partial charge in [-0.25, -0.2) is 8.42 Å². The second kappa shape index (κ2) is 8.10. The van der Waals surface area contributed by atoms with E-state index in [1.165, 1.54) is 6.26 Å². The average Bonchev–Trinajstić information content (AvgIpc) is 2.42. The van der Waals surface area contributed by atoms with Gasteiger partial charge in [-0.15, -0.1) is 12.4 Å². The molecule has 1 heterocycles. The molecule has 6 nitrogen and oxygen atoms in total. The lowest BCUT2D eigenvalue weighted by atomic mass is 10.1. The van der Waals surface area contributed by atoms with E-state index in [0.717, 1.165) is 5.56 Å². The summed E-state index contributed by atoms with van der Waals surface area (Å²) in [5, 5.41) is 5.99. The van der Waals surface area contributed by atoms with E-state index in [0.29, 0.717) is 24.4 Å². The lowest BCUT2D eigenvalue weighted by molar-refractivity contribution is -0.123. The van der Waals surface area contributed by atoms with Crippen LogP contribution in [0.25, 0.3) is 0 Å². The van der Waals surface area contributed by atoms with Gasteiger partial charge in [0, 0.05) is 18.5 Å². The molecule has 1 saturated heterocycles. The average molecular weight is 363 g/mol. The molecular formula is C15H23ClN2O4S. The lowest BCUT2D eigenvalue weighted by Gasteiger charge is -2.29. The molecule has 0 saturated carbocycles. The highest BCUT2D eigenvalue weighted by atomic mass is 35.5. The van der Waals surface area contributed by atoms with Gasteiger partial charge in [0.05, 0.1) is 18.5 Å². The Morgan fingerprint density at radius 3 is 2.74 bits per heavy atom. The fourth-order valence-corrected chi connectivity index (χ4v) is 3.37. The zero-order valence-electron chi connectivity index (χ0n) is 13.5. The molecule has 0 aliphatic carbocycles. The van der Waals surface area contributed by atoms with E-state index in [9.17, 15) is 13.2 Å². The van der Waals surface area contributed by atoms with Crippen molar-refractivity contribution < 1.29 is 17.9 Å². The van der Waals surface area contributed by atoms with Gasteiger partial charge in [-0.1, -0.05) is 12.1 Å². The lowest BCUT2D eigenvalue weighted by Crippen LogP contribution is -2.53. The minimum atomic E-state index is -3.12. The molecule has 0 aromatic heterocycles. The third-order valence-corrected chi connectivity index (χ3v) is 4.56. The smallest absolute Gasteiger partial charge is 0.244 e. The molecular weight excluding hydrogens is 340 g/mol. The van der Waals surface area contributed by atoms with Gasteiger partial charge in [-0.3, -0.25) is 4.79 Å². The molecule has 1 aromatic rings. The summed E-state index contributed by atoms with van der Waals surface area (Å²) < 4.78 is 28.4. The highest BCUT2D eigenvalue weighted by molar-refractivity contribution is 7.89. The van der Waals surface area contributed by atoms with E-state index >= 15 is 0 Å². The van der Waals surface area contributed by atoms with Crippen LogP contribution in [0.5, 0.6) is 0 Å². The monoisotopic (exact) mass is 362 g/mol. The molecule has 1 fully saturated rings. The van der Waals surface area contributed by atoms with E-state index in [-0.39, 0.29) is 30.2 Å². The number of carbonyl (C=O) groups excluding carboxylic acids is 1. The predicted molar refractivity (Wildman–Crippen MR) is 92.8 cm³/mol. The first-order valence-electron chi connectivity index (χ1n) is 7.20. The van der Waals surface area contributed by atoms with Crippen molar-refractivity contribution in [1.29, 1.82) is 0 Å².